The molecule has 0 aliphatic carbocycles. The Morgan fingerprint density at radius 2 is 2.20 bits per heavy atom. The molecule has 0 saturated carbocycles. The highest BCUT2D eigenvalue weighted by Crippen LogP contribution is 2.15. The Labute approximate surface area is 120 Å². The van der Waals surface area contributed by atoms with Gasteiger partial charge in [0.1, 0.15) is 5.82 Å². The maximum absolute atomic E-state index is 13.7. The molecule has 2 aromatic heterocycles. The van der Waals surface area contributed by atoms with Crippen molar-refractivity contribution in [3.8, 4) is 0 Å². The molecule has 4 nitrogen and oxygen atoms in total. The summed E-state index contributed by atoms with van der Waals surface area (Å²) in [6.07, 6.45) is 5.16. The Morgan fingerprint density at radius 1 is 1.35 bits per heavy atom. The molecule has 20 heavy (non-hydrogen) atoms. The Bertz CT molecular complexity index is 677. The molecule has 1 aromatic carbocycles. The Kier molecular flexibility index (Phi) is 3.77. The number of rotatable bonds is 5. The number of aromatic nitrogens is 2. The van der Waals surface area contributed by atoms with Crippen LogP contribution in [0.15, 0.2) is 42.0 Å². The van der Waals surface area contributed by atoms with Crippen LogP contribution in [-0.2, 0) is 12.8 Å². The van der Waals surface area contributed by atoms with E-state index in [1.54, 1.807) is 23.5 Å². The summed E-state index contributed by atoms with van der Waals surface area (Å²) in [5.74, 6) is 5.39. The quantitative estimate of drug-likeness (QED) is 0.559. The van der Waals surface area contributed by atoms with E-state index in [4.69, 9.17) is 5.84 Å². The molecule has 0 bridgehead atoms. The molecule has 0 aliphatic heterocycles. The molecule has 0 aliphatic rings. The second kappa shape index (κ2) is 5.70. The van der Waals surface area contributed by atoms with Gasteiger partial charge in [-0.15, -0.1) is 11.3 Å². The van der Waals surface area contributed by atoms with E-state index in [2.05, 4.69) is 10.4 Å². The van der Waals surface area contributed by atoms with Gasteiger partial charge in [0.2, 0.25) is 0 Å². The van der Waals surface area contributed by atoms with Gasteiger partial charge in [0.25, 0.3) is 0 Å². The van der Waals surface area contributed by atoms with Gasteiger partial charge in [0.05, 0.1) is 5.69 Å². The third-order valence-corrected chi connectivity index (χ3v) is 4.03. The van der Waals surface area contributed by atoms with Gasteiger partial charge in [-0.3, -0.25) is 15.7 Å². The van der Waals surface area contributed by atoms with Crippen LogP contribution in [0.2, 0.25) is 0 Å². The highest BCUT2D eigenvalue weighted by molar-refractivity contribution is 7.15. The predicted molar refractivity (Wildman–Crippen MR) is 78.0 cm³/mol. The second-order valence-corrected chi connectivity index (χ2v) is 5.56. The molecule has 3 rings (SSSR count). The van der Waals surface area contributed by atoms with Crippen LogP contribution in [-0.4, -0.2) is 15.4 Å². The molecular weight excluding hydrogens is 275 g/mol. The van der Waals surface area contributed by atoms with E-state index in [-0.39, 0.29) is 11.9 Å². The first kappa shape index (κ1) is 13.2. The van der Waals surface area contributed by atoms with Gasteiger partial charge in [-0.05, 0) is 18.1 Å². The summed E-state index contributed by atoms with van der Waals surface area (Å²) in [4.78, 5) is 5.48. The van der Waals surface area contributed by atoms with Gasteiger partial charge in [0.15, 0.2) is 4.96 Å². The average molecular weight is 290 g/mol. The molecule has 0 fully saturated rings. The zero-order chi connectivity index (χ0) is 13.9. The standard InChI is InChI=1S/C14H15FN4S/c15-13-4-2-1-3-10(13)7-11(18-16)8-12-9-19-5-6-20-14(19)17-12/h1-6,9,11,18H,7-8,16H2. The Balaban J connectivity index is 1.74. The topological polar surface area (TPSA) is 55.3 Å². The second-order valence-electron chi connectivity index (χ2n) is 4.69. The fourth-order valence-corrected chi connectivity index (χ4v) is 2.97. The van der Waals surface area contributed by atoms with Crippen LogP contribution < -0.4 is 11.3 Å². The van der Waals surface area contributed by atoms with Crippen molar-refractivity contribution in [3.05, 3.63) is 59.1 Å². The molecule has 1 atom stereocenters. The number of hydrogen-bond donors (Lipinski definition) is 2. The summed E-state index contributed by atoms with van der Waals surface area (Å²) < 4.78 is 15.6. The van der Waals surface area contributed by atoms with Crippen molar-refractivity contribution in [1.82, 2.24) is 14.8 Å². The zero-order valence-corrected chi connectivity index (χ0v) is 11.6. The van der Waals surface area contributed by atoms with Crippen molar-refractivity contribution in [1.29, 1.82) is 0 Å². The van der Waals surface area contributed by atoms with Crippen LogP contribution in [0.25, 0.3) is 4.96 Å². The number of benzene rings is 1. The zero-order valence-electron chi connectivity index (χ0n) is 10.8. The van der Waals surface area contributed by atoms with Crippen molar-refractivity contribution >= 4 is 16.3 Å². The summed E-state index contributed by atoms with van der Waals surface area (Å²) >= 11 is 1.59. The van der Waals surface area contributed by atoms with Crippen LogP contribution in [0, 0.1) is 5.82 Å². The van der Waals surface area contributed by atoms with E-state index in [0.717, 1.165) is 10.7 Å². The first-order valence-electron chi connectivity index (χ1n) is 6.37. The molecule has 0 spiro atoms. The molecule has 0 amide bonds. The first-order chi connectivity index (χ1) is 9.76. The van der Waals surface area contributed by atoms with Crippen LogP contribution >= 0.6 is 11.3 Å². The van der Waals surface area contributed by atoms with Gasteiger partial charge < -0.3 is 0 Å². The fourth-order valence-electron chi connectivity index (χ4n) is 2.25. The van der Waals surface area contributed by atoms with Crippen LogP contribution in [0.4, 0.5) is 4.39 Å². The van der Waals surface area contributed by atoms with Crippen molar-refractivity contribution in [2.45, 2.75) is 18.9 Å². The van der Waals surface area contributed by atoms with E-state index in [1.807, 2.05) is 28.2 Å². The van der Waals surface area contributed by atoms with E-state index >= 15 is 0 Å². The average Bonchev–Trinajstić information content (AvgIpc) is 3.01. The minimum absolute atomic E-state index is 0.0449. The molecule has 104 valence electrons. The maximum atomic E-state index is 13.7. The highest BCUT2D eigenvalue weighted by atomic mass is 32.1. The van der Waals surface area contributed by atoms with Crippen molar-refractivity contribution in [3.63, 3.8) is 0 Å². The Hall–Kier alpha value is -1.76. The van der Waals surface area contributed by atoms with Crippen molar-refractivity contribution < 1.29 is 4.39 Å². The highest BCUT2D eigenvalue weighted by Gasteiger charge is 2.13. The number of thiazole rings is 1. The number of hydrazine groups is 1. The number of nitrogens with two attached hydrogens (primary N) is 1. The maximum Gasteiger partial charge on any atom is 0.193 e. The predicted octanol–water partition coefficient (Wildman–Crippen LogP) is 2.15. The molecule has 6 heteroatoms. The summed E-state index contributed by atoms with van der Waals surface area (Å²) in [5.41, 5.74) is 4.37. The summed E-state index contributed by atoms with van der Waals surface area (Å²) in [5, 5.41) is 1.99. The molecule has 0 saturated heterocycles. The summed E-state index contributed by atoms with van der Waals surface area (Å²) in [6.45, 7) is 0. The molecule has 3 aromatic rings. The monoisotopic (exact) mass is 290 g/mol. The van der Waals surface area contributed by atoms with Crippen LogP contribution in [0.3, 0.4) is 0 Å². The minimum Gasteiger partial charge on any atom is -0.297 e. The van der Waals surface area contributed by atoms with Crippen molar-refractivity contribution in [2.24, 2.45) is 5.84 Å². The lowest BCUT2D eigenvalue weighted by atomic mass is 10.0. The molecule has 1 unspecified atom stereocenters. The lowest BCUT2D eigenvalue weighted by Gasteiger charge is -2.15. The number of nitrogens with zero attached hydrogens (tertiary/aromatic N) is 2. The SMILES string of the molecule is NNC(Cc1cn2ccsc2n1)Cc1ccccc1F. The number of imidazole rings is 1. The third kappa shape index (κ3) is 2.72. The molecule has 2 heterocycles. The van der Waals surface area contributed by atoms with Gasteiger partial charge in [-0.25, -0.2) is 9.37 Å². The van der Waals surface area contributed by atoms with Gasteiger partial charge >= 0.3 is 0 Å². The van der Waals surface area contributed by atoms with E-state index in [0.29, 0.717) is 18.4 Å². The van der Waals surface area contributed by atoms with E-state index < -0.39 is 0 Å². The molecular formula is C14H15FN4S. The number of fused-ring (bicyclic) bond motifs is 1. The van der Waals surface area contributed by atoms with Gasteiger partial charge in [-0.2, -0.15) is 0 Å². The first-order valence-corrected chi connectivity index (χ1v) is 7.25. The minimum atomic E-state index is -0.196. The van der Waals surface area contributed by atoms with Gasteiger partial charge in [-0.1, -0.05) is 18.2 Å². The van der Waals surface area contributed by atoms with E-state index in [9.17, 15) is 4.39 Å². The van der Waals surface area contributed by atoms with Gasteiger partial charge in [0, 0.05) is 30.2 Å². The summed E-state index contributed by atoms with van der Waals surface area (Å²) in [7, 11) is 0. The fraction of sp³-hybridized carbons (Fsp3) is 0.214. The largest absolute Gasteiger partial charge is 0.297 e. The number of nitrogens with one attached hydrogen (secondary N) is 1. The summed E-state index contributed by atoms with van der Waals surface area (Å²) in [6, 6.07) is 6.73. The molecule has 3 N–H and O–H groups in total. The van der Waals surface area contributed by atoms with Crippen LogP contribution in [0.5, 0.6) is 0 Å². The molecule has 0 radical (unpaired) electrons. The lowest BCUT2D eigenvalue weighted by molar-refractivity contribution is 0.503. The smallest absolute Gasteiger partial charge is 0.193 e. The normalized spacial score (nSPS) is 12.9. The third-order valence-electron chi connectivity index (χ3n) is 3.26. The number of halogens is 1. The lowest BCUT2D eigenvalue weighted by Crippen LogP contribution is -2.38. The van der Waals surface area contributed by atoms with Crippen LogP contribution in [0.1, 0.15) is 11.3 Å². The Morgan fingerprint density at radius 3 is 2.95 bits per heavy atom. The van der Waals surface area contributed by atoms with E-state index in [1.165, 1.54) is 6.07 Å². The number of hydrogen-bond acceptors (Lipinski definition) is 4. The van der Waals surface area contributed by atoms with Crippen molar-refractivity contribution in [2.75, 3.05) is 0 Å².